The van der Waals surface area contributed by atoms with Crippen LogP contribution in [0.4, 0.5) is 4.39 Å². The Balaban J connectivity index is 0.00000320. The van der Waals surface area contributed by atoms with E-state index in [1.54, 1.807) is 24.3 Å². The molecule has 1 aromatic carbocycles. The van der Waals surface area contributed by atoms with Crippen molar-refractivity contribution < 1.29 is 4.39 Å². The zero-order valence-electron chi connectivity index (χ0n) is 17.8. The second-order valence-electron chi connectivity index (χ2n) is 7.78. The molecule has 1 heterocycles. The van der Waals surface area contributed by atoms with Crippen molar-refractivity contribution in [1.29, 1.82) is 0 Å². The van der Waals surface area contributed by atoms with Gasteiger partial charge in [0.15, 0.2) is 5.96 Å². The molecule has 0 atom stereocenters. The third-order valence-electron chi connectivity index (χ3n) is 5.54. The first kappa shape index (κ1) is 24.4. The average molecular weight is 526 g/mol. The molecule has 0 saturated heterocycles. The highest BCUT2D eigenvalue weighted by Crippen LogP contribution is 2.48. The number of rotatable bonds is 9. The minimum atomic E-state index is -0.185. The molecule has 0 aliphatic heterocycles. The number of benzene rings is 1. The number of aryl methyl sites for hydroxylation is 1. The van der Waals surface area contributed by atoms with Crippen molar-refractivity contribution >= 4 is 29.9 Å². The third-order valence-corrected chi connectivity index (χ3v) is 5.54. The number of guanidine groups is 1. The van der Waals surface area contributed by atoms with Gasteiger partial charge in [-0.3, -0.25) is 9.79 Å². The summed E-state index contributed by atoms with van der Waals surface area (Å²) >= 11 is 0. The van der Waals surface area contributed by atoms with E-state index in [0.717, 1.165) is 62.5 Å². The van der Waals surface area contributed by atoms with Gasteiger partial charge in [0.1, 0.15) is 5.82 Å². The first-order valence-electron chi connectivity index (χ1n) is 10.5. The molecule has 0 bridgehead atoms. The number of nitrogens with zero attached hydrogens (tertiary/aromatic N) is 2. The Morgan fingerprint density at radius 1 is 1.17 bits per heavy atom. The molecule has 5 nitrogen and oxygen atoms in total. The predicted molar refractivity (Wildman–Crippen MR) is 131 cm³/mol. The van der Waals surface area contributed by atoms with Crippen LogP contribution >= 0.6 is 24.0 Å². The van der Waals surface area contributed by atoms with Crippen LogP contribution in [0.3, 0.4) is 0 Å². The van der Waals surface area contributed by atoms with E-state index in [4.69, 9.17) is 4.99 Å². The van der Waals surface area contributed by atoms with E-state index in [-0.39, 0.29) is 40.8 Å². The van der Waals surface area contributed by atoms with Crippen molar-refractivity contribution in [3.8, 4) is 0 Å². The lowest BCUT2D eigenvalue weighted by Crippen LogP contribution is -2.38. The smallest absolute Gasteiger partial charge is 0.250 e. The molecule has 1 fully saturated rings. The van der Waals surface area contributed by atoms with Gasteiger partial charge in [0.05, 0.1) is 6.54 Å². The van der Waals surface area contributed by atoms with Gasteiger partial charge in [-0.15, -0.1) is 24.0 Å². The van der Waals surface area contributed by atoms with Crippen LogP contribution in [0.1, 0.15) is 43.9 Å². The van der Waals surface area contributed by atoms with Gasteiger partial charge in [0.2, 0.25) is 0 Å². The monoisotopic (exact) mass is 526 g/mol. The van der Waals surface area contributed by atoms with E-state index in [1.165, 1.54) is 6.07 Å². The van der Waals surface area contributed by atoms with E-state index in [1.807, 2.05) is 30.5 Å². The summed E-state index contributed by atoms with van der Waals surface area (Å²) in [5.41, 5.74) is 2.07. The molecule has 3 rings (SSSR count). The maximum Gasteiger partial charge on any atom is 0.250 e. The van der Waals surface area contributed by atoms with Crippen LogP contribution in [0, 0.1) is 12.7 Å². The summed E-state index contributed by atoms with van der Waals surface area (Å²) in [6.45, 7) is 6.97. The summed E-state index contributed by atoms with van der Waals surface area (Å²) in [7, 11) is 0. The summed E-state index contributed by atoms with van der Waals surface area (Å²) in [6.07, 6.45) is 3.96. The number of aliphatic imine (C=N–C) groups is 1. The quantitative estimate of drug-likeness (QED) is 0.225. The minimum Gasteiger partial charge on any atom is -0.357 e. The van der Waals surface area contributed by atoms with Gasteiger partial charge in [0, 0.05) is 36.8 Å². The largest absolute Gasteiger partial charge is 0.357 e. The highest BCUT2D eigenvalue weighted by molar-refractivity contribution is 14.0. The van der Waals surface area contributed by atoms with Crippen molar-refractivity contribution in [3.63, 3.8) is 0 Å². The highest BCUT2D eigenvalue weighted by Gasteiger charge is 2.44. The maximum atomic E-state index is 13.6. The van der Waals surface area contributed by atoms with Crippen LogP contribution in [0.25, 0.3) is 0 Å². The average Bonchev–Trinajstić information content (AvgIpc) is 3.49. The molecule has 164 valence electrons. The van der Waals surface area contributed by atoms with Gasteiger partial charge in [-0.2, -0.15) is 0 Å². The highest BCUT2D eigenvalue weighted by atomic mass is 127. The van der Waals surface area contributed by atoms with Crippen molar-refractivity contribution in [2.24, 2.45) is 4.99 Å². The van der Waals surface area contributed by atoms with Crippen LogP contribution in [0.15, 0.2) is 52.3 Å². The first-order valence-corrected chi connectivity index (χ1v) is 10.5. The second-order valence-corrected chi connectivity index (χ2v) is 7.78. The third kappa shape index (κ3) is 6.55. The SMILES string of the molecule is CCNC(=NCC1(c2cccc(F)c2)CC1)NCCCCn1c(C)cccc1=O.I. The first-order chi connectivity index (χ1) is 14.0. The van der Waals surface area contributed by atoms with Crippen LogP contribution in [0.2, 0.25) is 0 Å². The molecule has 0 spiro atoms. The molecule has 0 amide bonds. The molecule has 0 unspecified atom stereocenters. The molecular formula is C23H32FIN4O. The molecular weight excluding hydrogens is 494 g/mol. The maximum absolute atomic E-state index is 13.6. The number of hydrogen-bond acceptors (Lipinski definition) is 2. The van der Waals surface area contributed by atoms with Crippen LogP contribution in [-0.4, -0.2) is 30.2 Å². The zero-order chi connectivity index (χ0) is 20.7. The van der Waals surface area contributed by atoms with Crippen LogP contribution < -0.4 is 16.2 Å². The molecule has 0 radical (unpaired) electrons. The summed E-state index contributed by atoms with van der Waals surface area (Å²) < 4.78 is 15.4. The summed E-state index contributed by atoms with van der Waals surface area (Å²) in [5.74, 6) is 0.610. The fourth-order valence-electron chi connectivity index (χ4n) is 3.59. The molecule has 1 saturated carbocycles. The van der Waals surface area contributed by atoms with E-state index in [2.05, 4.69) is 10.6 Å². The normalized spacial score (nSPS) is 14.7. The summed E-state index contributed by atoms with van der Waals surface area (Å²) in [4.78, 5) is 16.7. The Kier molecular flexibility index (Phi) is 9.33. The lowest BCUT2D eigenvalue weighted by molar-refractivity contribution is 0.574. The number of aromatic nitrogens is 1. The molecule has 1 aromatic heterocycles. The van der Waals surface area contributed by atoms with Gasteiger partial charge in [-0.05, 0) is 63.3 Å². The Morgan fingerprint density at radius 2 is 1.93 bits per heavy atom. The fraction of sp³-hybridized carbons (Fsp3) is 0.478. The topological polar surface area (TPSA) is 58.4 Å². The Hall–Kier alpha value is -1.90. The summed E-state index contributed by atoms with van der Waals surface area (Å²) in [6, 6.07) is 12.3. The Morgan fingerprint density at radius 3 is 2.60 bits per heavy atom. The molecule has 30 heavy (non-hydrogen) atoms. The van der Waals surface area contributed by atoms with E-state index in [0.29, 0.717) is 6.54 Å². The number of hydrogen-bond donors (Lipinski definition) is 2. The Bertz CT molecular complexity index is 908. The van der Waals surface area contributed by atoms with E-state index < -0.39 is 0 Å². The predicted octanol–water partition coefficient (Wildman–Crippen LogP) is 3.98. The fourth-order valence-corrected chi connectivity index (χ4v) is 3.59. The molecule has 1 aliphatic carbocycles. The second kappa shape index (κ2) is 11.5. The minimum absolute atomic E-state index is 0. The standard InChI is InChI=1S/C23H31FN4O.HI/c1-3-25-22(26-14-4-5-15-28-18(2)8-6-11-21(28)29)27-17-23(12-13-23)19-9-7-10-20(24)16-19;/h6-11,16H,3-5,12-15,17H2,1-2H3,(H2,25,26,27);1H. The van der Waals surface area contributed by atoms with Gasteiger partial charge in [-0.25, -0.2) is 4.39 Å². The van der Waals surface area contributed by atoms with Crippen LogP contribution in [0.5, 0.6) is 0 Å². The number of unbranched alkanes of at least 4 members (excludes halogenated alkanes) is 1. The number of nitrogens with one attached hydrogen (secondary N) is 2. The molecule has 2 aromatic rings. The van der Waals surface area contributed by atoms with Crippen molar-refractivity contribution in [3.05, 3.63) is 69.9 Å². The molecule has 7 heteroatoms. The zero-order valence-corrected chi connectivity index (χ0v) is 20.1. The van der Waals surface area contributed by atoms with Crippen molar-refractivity contribution in [1.82, 2.24) is 15.2 Å². The lowest BCUT2D eigenvalue weighted by Gasteiger charge is -2.16. The van der Waals surface area contributed by atoms with Gasteiger partial charge in [0.25, 0.3) is 5.56 Å². The number of halogens is 2. The van der Waals surface area contributed by atoms with Crippen molar-refractivity contribution in [2.75, 3.05) is 19.6 Å². The van der Waals surface area contributed by atoms with Gasteiger partial charge < -0.3 is 15.2 Å². The lowest BCUT2D eigenvalue weighted by atomic mass is 9.96. The van der Waals surface area contributed by atoms with Crippen LogP contribution in [-0.2, 0) is 12.0 Å². The van der Waals surface area contributed by atoms with E-state index >= 15 is 0 Å². The van der Waals surface area contributed by atoms with Gasteiger partial charge >= 0.3 is 0 Å². The molecule has 2 N–H and O–H groups in total. The van der Waals surface area contributed by atoms with E-state index in [9.17, 15) is 9.18 Å². The summed E-state index contributed by atoms with van der Waals surface area (Å²) in [5, 5.41) is 6.66. The number of pyridine rings is 1. The van der Waals surface area contributed by atoms with Crippen molar-refractivity contribution in [2.45, 2.75) is 51.5 Å². The van der Waals surface area contributed by atoms with Gasteiger partial charge in [-0.1, -0.05) is 18.2 Å². The molecule has 1 aliphatic rings. The Labute approximate surface area is 195 Å².